The minimum atomic E-state index is -0.332. The second-order valence-electron chi connectivity index (χ2n) is 10.2. The Kier molecular flexibility index (Phi) is 13.7. The zero-order valence-corrected chi connectivity index (χ0v) is 24.7. The summed E-state index contributed by atoms with van der Waals surface area (Å²) in [6.45, 7) is 14.5. The van der Waals surface area contributed by atoms with Crippen molar-refractivity contribution < 1.29 is 19.1 Å². The molecule has 39 heavy (non-hydrogen) atoms. The minimum Gasteiger partial charge on any atom is -0.465 e. The number of rotatable bonds is 16. The Morgan fingerprint density at radius 2 is 1.51 bits per heavy atom. The van der Waals surface area contributed by atoms with Gasteiger partial charge in [0.15, 0.2) is 0 Å². The van der Waals surface area contributed by atoms with Gasteiger partial charge in [0, 0.05) is 37.3 Å². The van der Waals surface area contributed by atoms with E-state index in [1.807, 2.05) is 42.2 Å². The third kappa shape index (κ3) is 10.1. The van der Waals surface area contributed by atoms with E-state index in [2.05, 4.69) is 37.9 Å². The molecule has 0 heterocycles. The molecule has 0 spiro atoms. The van der Waals surface area contributed by atoms with Crippen LogP contribution in [0.4, 0.5) is 5.69 Å². The molecule has 0 aromatic heterocycles. The molecule has 7 heteroatoms. The molecular weight excluding hydrogens is 490 g/mol. The molecule has 2 aromatic rings. The lowest BCUT2D eigenvalue weighted by molar-refractivity contribution is -0.116. The van der Waals surface area contributed by atoms with Gasteiger partial charge >= 0.3 is 5.97 Å². The molecule has 0 unspecified atom stereocenters. The Hall–Kier alpha value is -3.19. The Morgan fingerprint density at radius 1 is 0.846 bits per heavy atom. The van der Waals surface area contributed by atoms with E-state index in [-0.39, 0.29) is 23.7 Å². The molecule has 2 aromatic carbocycles. The molecule has 0 aliphatic carbocycles. The standard InChI is InChI=1S/C32H47N3O4/c1-7-34(8-2)21-22-35(9-3)31(37)27-19-20-28(24(4)5)29(23-27)33-30(36)14-12-10-11-13-25-15-17-26(18-16-25)32(38)39-6/h15-20,23-24H,7-14,21-22H2,1-6H3,(H,33,36). The Labute approximate surface area is 234 Å². The van der Waals surface area contributed by atoms with Crippen LogP contribution in [0.5, 0.6) is 0 Å². The number of hydrogen-bond acceptors (Lipinski definition) is 5. The molecule has 2 rings (SSSR count). The van der Waals surface area contributed by atoms with Crippen molar-refractivity contribution in [2.75, 3.05) is 45.2 Å². The number of esters is 1. The maximum Gasteiger partial charge on any atom is 0.337 e. The Balaban J connectivity index is 1.92. The maximum absolute atomic E-state index is 13.3. The highest BCUT2D eigenvalue weighted by molar-refractivity contribution is 5.98. The van der Waals surface area contributed by atoms with Gasteiger partial charge in [0.05, 0.1) is 12.7 Å². The first-order valence-corrected chi connectivity index (χ1v) is 14.4. The second-order valence-corrected chi connectivity index (χ2v) is 10.2. The van der Waals surface area contributed by atoms with Crippen LogP contribution in [0.15, 0.2) is 42.5 Å². The van der Waals surface area contributed by atoms with Crippen LogP contribution < -0.4 is 5.32 Å². The smallest absolute Gasteiger partial charge is 0.337 e. The summed E-state index contributed by atoms with van der Waals surface area (Å²) in [5, 5.41) is 3.08. The molecule has 0 bridgehead atoms. The molecule has 7 nitrogen and oxygen atoms in total. The summed E-state index contributed by atoms with van der Waals surface area (Å²) in [6, 6.07) is 13.2. The number of likely N-dealkylation sites (N-methyl/N-ethyl adjacent to an activating group) is 2. The summed E-state index contributed by atoms with van der Waals surface area (Å²) in [4.78, 5) is 41.8. The highest BCUT2D eigenvalue weighted by Crippen LogP contribution is 2.26. The minimum absolute atomic E-state index is 0.00456. The van der Waals surface area contributed by atoms with Gasteiger partial charge in [0.2, 0.25) is 5.91 Å². The van der Waals surface area contributed by atoms with Gasteiger partial charge in [-0.1, -0.05) is 52.3 Å². The molecule has 1 N–H and O–H groups in total. The molecule has 214 valence electrons. The van der Waals surface area contributed by atoms with Crippen LogP contribution in [-0.2, 0) is 16.0 Å². The average Bonchev–Trinajstić information content (AvgIpc) is 2.94. The molecule has 0 saturated carbocycles. The van der Waals surface area contributed by atoms with E-state index in [0.717, 1.165) is 62.1 Å². The van der Waals surface area contributed by atoms with E-state index in [9.17, 15) is 14.4 Å². The fourth-order valence-corrected chi connectivity index (χ4v) is 4.62. The normalized spacial score (nSPS) is 11.1. The summed E-state index contributed by atoms with van der Waals surface area (Å²) in [6.07, 6.45) is 4.01. The van der Waals surface area contributed by atoms with Gasteiger partial charge in [0.25, 0.3) is 5.91 Å². The third-order valence-electron chi connectivity index (χ3n) is 7.19. The van der Waals surface area contributed by atoms with Crippen LogP contribution >= 0.6 is 0 Å². The van der Waals surface area contributed by atoms with E-state index in [0.29, 0.717) is 30.6 Å². The quantitative estimate of drug-likeness (QED) is 0.205. The van der Waals surface area contributed by atoms with Crippen LogP contribution in [0, 0.1) is 0 Å². The van der Waals surface area contributed by atoms with Gasteiger partial charge in [-0.25, -0.2) is 4.79 Å². The number of aryl methyl sites for hydroxylation is 1. The number of carbonyl (C=O) groups excluding carboxylic acids is 3. The fourth-order valence-electron chi connectivity index (χ4n) is 4.62. The monoisotopic (exact) mass is 537 g/mol. The summed E-state index contributed by atoms with van der Waals surface area (Å²) >= 11 is 0. The first-order chi connectivity index (χ1) is 18.7. The number of ether oxygens (including phenoxy) is 1. The van der Waals surface area contributed by atoms with Crippen LogP contribution in [0.25, 0.3) is 0 Å². The maximum atomic E-state index is 13.3. The lowest BCUT2D eigenvalue weighted by Gasteiger charge is -2.26. The highest BCUT2D eigenvalue weighted by Gasteiger charge is 2.18. The Morgan fingerprint density at radius 3 is 2.10 bits per heavy atom. The zero-order chi connectivity index (χ0) is 28.8. The molecule has 0 saturated heterocycles. The van der Waals surface area contributed by atoms with Gasteiger partial charge in [-0.2, -0.15) is 0 Å². The third-order valence-corrected chi connectivity index (χ3v) is 7.19. The van der Waals surface area contributed by atoms with Gasteiger partial charge in [-0.05, 0) is 80.6 Å². The number of carbonyl (C=O) groups is 3. The highest BCUT2D eigenvalue weighted by atomic mass is 16.5. The van der Waals surface area contributed by atoms with E-state index < -0.39 is 0 Å². The number of nitrogens with one attached hydrogen (secondary N) is 1. The van der Waals surface area contributed by atoms with Crippen LogP contribution in [-0.4, -0.2) is 67.4 Å². The van der Waals surface area contributed by atoms with Crippen molar-refractivity contribution >= 4 is 23.5 Å². The van der Waals surface area contributed by atoms with Crippen molar-refractivity contribution in [1.82, 2.24) is 9.80 Å². The first-order valence-electron chi connectivity index (χ1n) is 14.4. The van der Waals surface area contributed by atoms with Crippen molar-refractivity contribution in [3.8, 4) is 0 Å². The summed E-state index contributed by atoms with van der Waals surface area (Å²) in [5.74, 6) is -0.145. The topological polar surface area (TPSA) is 79.0 Å². The number of benzene rings is 2. The van der Waals surface area contributed by atoms with Gasteiger partial charge < -0.3 is 19.9 Å². The van der Waals surface area contributed by atoms with Crippen LogP contribution in [0.3, 0.4) is 0 Å². The predicted octanol–water partition coefficient (Wildman–Crippen LogP) is 6.14. The number of amides is 2. The van der Waals surface area contributed by atoms with E-state index in [1.165, 1.54) is 7.11 Å². The molecule has 2 amide bonds. The molecule has 0 aliphatic heterocycles. The SMILES string of the molecule is CCN(CC)CCN(CC)C(=O)c1ccc(C(C)C)c(NC(=O)CCCCCc2ccc(C(=O)OC)cc2)c1. The van der Waals surface area contributed by atoms with Crippen molar-refractivity contribution in [3.05, 3.63) is 64.7 Å². The second kappa shape index (κ2) is 16.7. The molecule has 0 radical (unpaired) electrons. The van der Waals surface area contributed by atoms with Crippen molar-refractivity contribution in [2.45, 2.75) is 72.6 Å². The van der Waals surface area contributed by atoms with Crippen LogP contribution in [0.2, 0.25) is 0 Å². The summed E-state index contributed by atoms with van der Waals surface area (Å²) < 4.78 is 4.74. The molecule has 0 aliphatic rings. The number of hydrogen-bond donors (Lipinski definition) is 1. The lowest BCUT2D eigenvalue weighted by Crippen LogP contribution is -2.38. The Bertz CT molecular complexity index is 1060. The number of unbranched alkanes of at least 4 members (excludes halogenated alkanes) is 2. The molecule has 0 fully saturated rings. The predicted molar refractivity (Wildman–Crippen MR) is 158 cm³/mol. The first kappa shape index (κ1) is 32.0. The molecule has 0 atom stereocenters. The summed E-state index contributed by atoms with van der Waals surface area (Å²) in [7, 11) is 1.38. The lowest BCUT2D eigenvalue weighted by atomic mass is 9.98. The van der Waals surface area contributed by atoms with Gasteiger partial charge in [-0.15, -0.1) is 0 Å². The number of methoxy groups -OCH3 is 1. The average molecular weight is 538 g/mol. The van der Waals surface area contributed by atoms with Crippen molar-refractivity contribution in [1.29, 1.82) is 0 Å². The van der Waals surface area contributed by atoms with E-state index >= 15 is 0 Å². The summed E-state index contributed by atoms with van der Waals surface area (Å²) in [5.41, 5.74) is 4.07. The van der Waals surface area contributed by atoms with E-state index in [4.69, 9.17) is 4.74 Å². The number of nitrogens with zero attached hydrogens (tertiary/aromatic N) is 2. The largest absolute Gasteiger partial charge is 0.465 e. The van der Waals surface area contributed by atoms with Crippen molar-refractivity contribution in [3.63, 3.8) is 0 Å². The zero-order valence-electron chi connectivity index (χ0n) is 24.7. The van der Waals surface area contributed by atoms with Gasteiger partial charge in [0.1, 0.15) is 0 Å². The number of anilines is 1. The van der Waals surface area contributed by atoms with Crippen LogP contribution in [0.1, 0.15) is 98.1 Å². The van der Waals surface area contributed by atoms with E-state index in [1.54, 1.807) is 12.1 Å². The molecular formula is C32H47N3O4. The van der Waals surface area contributed by atoms with Gasteiger partial charge in [-0.3, -0.25) is 9.59 Å². The fraction of sp³-hybridized carbons (Fsp3) is 0.531. The van der Waals surface area contributed by atoms with Crippen molar-refractivity contribution in [2.24, 2.45) is 0 Å².